The zero-order valence-electron chi connectivity index (χ0n) is 4.90. The summed E-state index contributed by atoms with van der Waals surface area (Å²) in [7, 11) is 0. The van der Waals surface area contributed by atoms with Crippen LogP contribution in [0.25, 0.3) is 0 Å². The maximum Gasteiger partial charge on any atom is 0.369 e. The molecule has 2 rings (SSSR count). The number of rotatable bonds is 0. The van der Waals surface area contributed by atoms with E-state index < -0.39 is 6.03 Å². The molecule has 1 aliphatic rings. The minimum atomic E-state index is -0.484. The molecule has 0 atom stereocenters. The van der Waals surface area contributed by atoms with Crippen LogP contribution in [0.1, 0.15) is 0 Å². The maximum absolute atomic E-state index is 10.5. The van der Waals surface area contributed by atoms with Gasteiger partial charge in [-0.05, 0) is 6.07 Å². The van der Waals surface area contributed by atoms with Gasteiger partial charge in [0.2, 0.25) is 0 Å². The fourth-order valence-corrected chi connectivity index (χ4v) is 0.732. The molecule has 47 valence electrons. The molecule has 0 spiro atoms. The first-order valence-electron chi connectivity index (χ1n) is 2.70. The number of amides is 2. The Balaban J connectivity index is 2.96. The van der Waals surface area contributed by atoms with E-state index in [4.69, 9.17) is 0 Å². The highest BCUT2D eigenvalue weighted by atomic mass is 16.2. The van der Waals surface area contributed by atoms with Crippen LogP contribution in [-0.4, -0.2) is 11.0 Å². The molecular formula is C6H2N3O. The van der Waals surface area contributed by atoms with Gasteiger partial charge in [-0.2, -0.15) is 9.98 Å². The number of aromatic nitrogens is 1. The van der Waals surface area contributed by atoms with Gasteiger partial charge in [-0.3, -0.25) is 0 Å². The Morgan fingerprint density at radius 3 is 3.10 bits per heavy atom. The average Bonchev–Trinajstić information content (AvgIpc) is 2.27. The summed E-state index contributed by atoms with van der Waals surface area (Å²) in [4.78, 5) is 21.4. The van der Waals surface area contributed by atoms with E-state index in [0.29, 0.717) is 10.8 Å². The number of carbonyl (C=O) groups is 1. The van der Waals surface area contributed by atoms with Gasteiger partial charge in [-0.1, -0.05) is 0 Å². The topological polar surface area (TPSA) is 54.7 Å². The molecular weight excluding hydrogens is 130 g/mol. The Morgan fingerprint density at radius 2 is 2.30 bits per heavy atom. The van der Waals surface area contributed by atoms with E-state index in [1.165, 1.54) is 6.20 Å². The van der Waals surface area contributed by atoms with Crippen molar-refractivity contribution in [1.82, 2.24) is 4.98 Å². The minimum absolute atomic E-state index is 0.392. The second kappa shape index (κ2) is 1.70. The predicted molar refractivity (Wildman–Crippen MR) is 30.8 cm³/mol. The van der Waals surface area contributed by atoms with Crippen LogP contribution in [0.15, 0.2) is 22.2 Å². The van der Waals surface area contributed by atoms with E-state index in [2.05, 4.69) is 21.0 Å². The summed E-state index contributed by atoms with van der Waals surface area (Å²) in [5.74, 6) is 0. The van der Waals surface area contributed by atoms with Crippen LogP contribution in [-0.2, 0) is 0 Å². The zero-order valence-corrected chi connectivity index (χ0v) is 4.90. The lowest BCUT2D eigenvalue weighted by molar-refractivity contribution is 0.256. The summed E-state index contributed by atoms with van der Waals surface area (Å²) in [5, 5.41) is 0.507. The van der Waals surface area contributed by atoms with Crippen molar-refractivity contribution in [3.05, 3.63) is 29.2 Å². The van der Waals surface area contributed by atoms with Gasteiger partial charge in [-0.15, -0.1) is 0 Å². The molecule has 0 aromatic carbocycles. The van der Waals surface area contributed by atoms with E-state index in [-0.39, 0.29) is 0 Å². The second-order valence-corrected chi connectivity index (χ2v) is 1.78. The van der Waals surface area contributed by atoms with Crippen LogP contribution in [0.3, 0.4) is 0 Å². The van der Waals surface area contributed by atoms with Gasteiger partial charge in [0, 0.05) is 12.3 Å². The Kier molecular flexibility index (Phi) is 0.887. The first-order valence-corrected chi connectivity index (χ1v) is 2.70. The highest BCUT2D eigenvalue weighted by Gasteiger charge is 2.02. The summed E-state index contributed by atoms with van der Waals surface area (Å²) in [5.41, 5.74) is 0.392. The highest BCUT2D eigenvalue weighted by Crippen LogP contribution is 1.80. The third-order valence-corrected chi connectivity index (χ3v) is 1.13. The van der Waals surface area contributed by atoms with Gasteiger partial charge < -0.3 is 0 Å². The molecule has 0 aliphatic carbocycles. The van der Waals surface area contributed by atoms with Gasteiger partial charge in [-0.25, -0.2) is 9.78 Å². The summed E-state index contributed by atoms with van der Waals surface area (Å²) >= 11 is 0. The van der Waals surface area contributed by atoms with Crippen LogP contribution in [0.5, 0.6) is 0 Å². The van der Waals surface area contributed by atoms with Crippen molar-refractivity contribution >= 4 is 6.03 Å². The van der Waals surface area contributed by atoms with Gasteiger partial charge in [0.1, 0.15) is 5.36 Å². The van der Waals surface area contributed by atoms with Crippen LogP contribution < -0.4 is 10.8 Å². The van der Waals surface area contributed by atoms with Crippen LogP contribution in [0, 0.1) is 6.07 Å². The highest BCUT2D eigenvalue weighted by molar-refractivity contribution is 5.77. The molecule has 0 unspecified atom stereocenters. The lowest BCUT2D eigenvalue weighted by Gasteiger charge is -1.74. The average molecular weight is 132 g/mol. The van der Waals surface area contributed by atoms with E-state index in [1.54, 1.807) is 6.07 Å². The van der Waals surface area contributed by atoms with Gasteiger partial charge in [0.15, 0.2) is 5.49 Å². The molecule has 0 saturated carbocycles. The monoisotopic (exact) mass is 132 g/mol. The largest absolute Gasteiger partial charge is 0.369 e. The first-order chi connectivity index (χ1) is 4.86. The van der Waals surface area contributed by atoms with Crippen molar-refractivity contribution in [3.63, 3.8) is 0 Å². The molecule has 0 N–H and O–H groups in total. The Bertz CT molecular complexity index is 359. The van der Waals surface area contributed by atoms with Gasteiger partial charge in [0.05, 0.1) is 0 Å². The molecule has 0 fully saturated rings. The smallest absolute Gasteiger partial charge is 0.244 e. The number of nitrogens with zero attached hydrogens (tertiary/aromatic N) is 3. The number of carbonyl (C=O) groups excluding carboxylic acids is 1. The van der Waals surface area contributed by atoms with Crippen LogP contribution in [0.4, 0.5) is 4.79 Å². The standard InChI is InChI=1S/C6H2N3O/c10-6-8-4-2-1-3-7-5(4)9-6/h2-3H. The van der Waals surface area contributed by atoms with Crippen molar-refractivity contribution in [2.24, 2.45) is 9.98 Å². The van der Waals surface area contributed by atoms with E-state index in [1.807, 2.05) is 0 Å². The van der Waals surface area contributed by atoms with Gasteiger partial charge in [0.25, 0.3) is 0 Å². The minimum Gasteiger partial charge on any atom is -0.244 e. The number of hydrogen-bond donors (Lipinski definition) is 0. The summed E-state index contributed by atoms with van der Waals surface area (Å²) in [6.07, 6.45) is 1.45. The van der Waals surface area contributed by atoms with Crippen molar-refractivity contribution in [1.29, 1.82) is 0 Å². The van der Waals surface area contributed by atoms with E-state index in [0.717, 1.165) is 0 Å². The molecule has 2 heterocycles. The summed E-state index contributed by atoms with van der Waals surface area (Å²) in [6.45, 7) is 0. The SMILES string of the molecule is O=C1N=c2c[c]cnc2=N1. The number of urea groups is 1. The van der Waals surface area contributed by atoms with Crippen molar-refractivity contribution < 1.29 is 4.79 Å². The molecule has 1 radical (unpaired) electrons. The Morgan fingerprint density at radius 1 is 1.40 bits per heavy atom. The Labute approximate surface area is 56.0 Å². The van der Waals surface area contributed by atoms with Gasteiger partial charge >= 0.3 is 6.03 Å². The van der Waals surface area contributed by atoms with Crippen molar-refractivity contribution in [3.8, 4) is 0 Å². The summed E-state index contributed by atoms with van der Waals surface area (Å²) < 4.78 is 0. The molecule has 0 saturated heterocycles. The zero-order chi connectivity index (χ0) is 6.97. The molecule has 1 aromatic rings. The third-order valence-electron chi connectivity index (χ3n) is 1.13. The van der Waals surface area contributed by atoms with Crippen LogP contribution in [0.2, 0.25) is 0 Å². The molecule has 0 bridgehead atoms. The quantitative estimate of drug-likeness (QED) is 0.466. The fraction of sp³-hybridized carbons (Fsp3) is 0. The molecule has 4 nitrogen and oxygen atoms in total. The number of pyridine rings is 1. The second-order valence-electron chi connectivity index (χ2n) is 1.78. The number of fused-ring (bicyclic) bond motifs is 1. The summed E-state index contributed by atoms with van der Waals surface area (Å²) in [6, 6.07) is 3.79. The first kappa shape index (κ1) is 5.22. The molecule has 1 aromatic heterocycles. The van der Waals surface area contributed by atoms with Crippen molar-refractivity contribution in [2.45, 2.75) is 0 Å². The molecule has 1 aliphatic heterocycles. The lowest BCUT2D eigenvalue weighted by atomic mass is 10.5. The number of hydrogen-bond acceptors (Lipinski definition) is 2. The Hall–Kier alpha value is -1.58. The molecule has 4 heteroatoms. The lowest BCUT2D eigenvalue weighted by Crippen LogP contribution is -2.24. The molecule has 10 heavy (non-hydrogen) atoms. The maximum atomic E-state index is 10.5. The van der Waals surface area contributed by atoms with E-state index >= 15 is 0 Å². The van der Waals surface area contributed by atoms with Crippen molar-refractivity contribution in [2.75, 3.05) is 0 Å². The fourth-order valence-electron chi connectivity index (χ4n) is 0.732. The van der Waals surface area contributed by atoms with E-state index in [9.17, 15) is 4.79 Å². The predicted octanol–water partition coefficient (Wildman–Crippen LogP) is -0.745. The van der Waals surface area contributed by atoms with Crippen LogP contribution >= 0.6 is 0 Å². The molecule has 2 amide bonds. The normalized spacial score (nSPS) is 13.8. The third kappa shape index (κ3) is 0.621.